The van der Waals surface area contributed by atoms with Crippen molar-refractivity contribution in [3.05, 3.63) is 126 Å². The van der Waals surface area contributed by atoms with Crippen LogP contribution >= 0.6 is 24.8 Å². The maximum atomic E-state index is 3.53. The molecule has 1 atom stereocenters. The number of benzene rings is 3. The molecule has 0 N–H and O–H groups in total. The predicted octanol–water partition coefficient (Wildman–Crippen LogP) is 11.8. The molecule has 1 unspecified atom stereocenters. The fourth-order valence-electron chi connectivity index (χ4n) is 4.54. The number of rotatable bonds is 1. The van der Waals surface area contributed by atoms with Crippen molar-refractivity contribution >= 4 is 29.0 Å². The van der Waals surface area contributed by atoms with Crippen molar-refractivity contribution in [3.8, 4) is 11.1 Å². The Morgan fingerprint density at radius 1 is 0.791 bits per heavy atom. The van der Waals surface area contributed by atoms with Crippen LogP contribution in [0.5, 0.6) is 0 Å². The molecule has 2 aliphatic rings. The van der Waals surface area contributed by atoms with Gasteiger partial charge in [-0.05, 0) is 17.4 Å². The molecular weight excluding hydrogens is 643 g/mol. The Hall–Kier alpha value is -1.53. The Bertz CT molecular complexity index is 1190. The number of allylic oxidation sites excluding steroid dienone is 4. The van der Waals surface area contributed by atoms with Gasteiger partial charge in [0.05, 0.1) is 0 Å². The summed E-state index contributed by atoms with van der Waals surface area (Å²) in [5.41, 5.74) is 10.5. The van der Waals surface area contributed by atoms with Crippen LogP contribution in [0.25, 0.3) is 11.1 Å². The first kappa shape index (κ1) is 43.6. The second kappa shape index (κ2) is 19.1. The van der Waals surface area contributed by atoms with E-state index in [9.17, 15) is 0 Å². The molecule has 0 saturated carbocycles. The quantitative estimate of drug-likeness (QED) is 0.174. The maximum absolute atomic E-state index is 3.53. The molecule has 0 bridgehead atoms. The zero-order valence-corrected chi connectivity index (χ0v) is 32.5. The van der Waals surface area contributed by atoms with Crippen molar-refractivity contribution in [1.82, 2.24) is 0 Å². The van der Waals surface area contributed by atoms with Crippen molar-refractivity contribution in [2.45, 2.75) is 92.9 Å². The smallest absolute Gasteiger partial charge is 0.171 e. The van der Waals surface area contributed by atoms with Crippen LogP contribution in [0.4, 0.5) is 0 Å². The van der Waals surface area contributed by atoms with Crippen LogP contribution in [0.3, 0.4) is 0 Å². The average molecular weight is 697 g/mol. The third-order valence-electron chi connectivity index (χ3n) is 7.27. The van der Waals surface area contributed by atoms with Crippen LogP contribution in [0.1, 0.15) is 97.9 Å². The standard InChI is InChI=1S/C21H25.C11H17.C6H5.CH3.CH2.2ClH.Zr/c1-20(2,3)16-9-7-14-11-15-8-10-17(21(4,5)6)13-19(15)18(14)12-16;1-5-9-6-7-10(8-9)11(2,3)4;1-2-4-6-5-3-1;;;;;/h7,9-10,12-13H,11H2,1-6H3;7-9H,5H2,1-4H3;1-5H;1H3;1H2;2*1H;/q4*-1;;;;. The van der Waals surface area contributed by atoms with Gasteiger partial charge in [-0.15, -0.1) is 30.4 Å². The summed E-state index contributed by atoms with van der Waals surface area (Å²) >= 11 is 1.30. The summed E-state index contributed by atoms with van der Waals surface area (Å²) in [7, 11) is 0. The Balaban J connectivity index is 0. The fraction of sp³-hybridized carbons (Fsp3) is 0.400. The molecule has 2 aliphatic carbocycles. The SMILES string of the molecule is CC(C)(C)c1c[c-]c2c(c1)-c1cc(C(C)(C)C)ccc1C2.CCC1[C-]=CC(C(C)(C)C)=C1.Cl.Cl.[CH2]=[Zr].[CH3-].[c-]1ccccc1. The molecule has 0 spiro atoms. The first-order chi connectivity index (χ1) is 18.7. The van der Waals surface area contributed by atoms with E-state index in [1.54, 1.807) is 0 Å². The second-order valence-corrected chi connectivity index (χ2v) is 13.6. The maximum Gasteiger partial charge on any atom is -0.171 e. The van der Waals surface area contributed by atoms with Gasteiger partial charge in [0.2, 0.25) is 0 Å². The van der Waals surface area contributed by atoms with E-state index in [0.29, 0.717) is 11.3 Å². The van der Waals surface area contributed by atoms with Crippen molar-refractivity contribution < 1.29 is 24.2 Å². The van der Waals surface area contributed by atoms with Gasteiger partial charge in [-0.1, -0.05) is 122 Å². The molecule has 3 aromatic carbocycles. The summed E-state index contributed by atoms with van der Waals surface area (Å²) in [6.45, 7) is 22.6. The van der Waals surface area contributed by atoms with E-state index in [1.807, 2.05) is 30.3 Å². The van der Waals surface area contributed by atoms with Gasteiger partial charge >= 0.3 is 28.4 Å². The van der Waals surface area contributed by atoms with Gasteiger partial charge in [-0.25, -0.2) is 6.08 Å². The Morgan fingerprint density at radius 2 is 1.35 bits per heavy atom. The molecule has 0 heterocycles. The summed E-state index contributed by atoms with van der Waals surface area (Å²) in [5, 5.41) is 0. The summed E-state index contributed by atoms with van der Waals surface area (Å²) in [5.74, 6) is 0.573. The molecule has 0 radical (unpaired) electrons. The number of halogens is 2. The average Bonchev–Trinajstić information content (AvgIpc) is 3.55. The van der Waals surface area contributed by atoms with Gasteiger partial charge < -0.3 is 7.43 Å². The van der Waals surface area contributed by atoms with Gasteiger partial charge in [-0.3, -0.25) is 6.08 Å². The number of hydrogen-bond acceptors (Lipinski definition) is 0. The monoisotopic (exact) mass is 694 g/mol. The van der Waals surface area contributed by atoms with E-state index in [1.165, 1.54) is 69.6 Å². The van der Waals surface area contributed by atoms with Crippen molar-refractivity contribution in [2.24, 2.45) is 11.3 Å². The van der Waals surface area contributed by atoms with Crippen molar-refractivity contribution in [3.63, 3.8) is 0 Å². The molecule has 3 heteroatoms. The number of hydrogen-bond donors (Lipinski definition) is 0. The zero-order valence-electron chi connectivity index (χ0n) is 28.4. The van der Waals surface area contributed by atoms with Crippen molar-refractivity contribution in [1.29, 1.82) is 0 Å². The van der Waals surface area contributed by atoms with Gasteiger partial charge in [-0.2, -0.15) is 77.4 Å². The minimum absolute atomic E-state index is 0. The van der Waals surface area contributed by atoms with Crippen LogP contribution < -0.4 is 0 Å². The third kappa shape index (κ3) is 13.2. The molecule has 236 valence electrons. The molecule has 0 amide bonds. The van der Waals surface area contributed by atoms with Crippen LogP contribution in [-0.4, -0.2) is 4.21 Å². The van der Waals surface area contributed by atoms with E-state index in [0.717, 1.165) is 6.42 Å². The fourth-order valence-corrected chi connectivity index (χ4v) is 4.54. The van der Waals surface area contributed by atoms with E-state index in [4.69, 9.17) is 0 Å². The third-order valence-corrected chi connectivity index (χ3v) is 7.27. The minimum atomic E-state index is 0. The predicted molar refractivity (Wildman–Crippen MR) is 193 cm³/mol. The van der Waals surface area contributed by atoms with Gasteiger partial charge in [0, 0.05) is 0 Å². The molecule has 0 aliphatic heterocycles. The van der Waals surface area contributed by atoms with Gasteiger partial charge in [0.15, 0.2) is 0 Å². The van der Waals surface area contributed by atoms with E-state index in [-0.39, 0.29) is 43.1 Å². The topological polar surface area (TPSA) is 0 Å². The summed E-state index contributed by atoms with van der Waals surface area (Å²) in [4.78, 5) is 0. The van der Waals surface area contributed by atoms with Crippen LogP contribution in [0.15, 0.2) is 78.4 Å². The Morgan fingerprint density at radius 3 is 1.74 bits per heavy atom. The van der Waals surface area contributed by atoms with Crippen LogP contribution in [0, 0.1) is 37.0 Å². The van der Waals surface area contributed by atoms with E-state index >= 15 is 0 Å². The summed E-state index contributed by atoms with van der Waals surface area (Å²) < 4.78 is 3.34. The molecular formula is C40H54Cl2Zr-4. The molecule has 5 rings (SSSR count). The Kier molecular flexibility index (Phi) is 19.4. The largest absolute Gasteiger partial charge is 0.358 e. The number of fused-ring (bicyclic) bond motifs is 3. The van der Waals surface area contributed by atoms with E-state index in [2.05, 4.69) is 134 Å². The first-order valence-corrected chi connectivity index (χ1v) is 16.2. The molecule has 43 heavy (non-hydrogen) atoms. The summed E-state index contributed by atoms with van der Waals surface area (Å²) in [6, 6.07) is 27.6. The molecule has 0 fully saturated rings. The zero-order chi connectivity index (χ0) is 30.1. The van der Waals surface area contributed by atoms with Crippen molar-refractivity contribution in [2.75, 3.05) is 0 Å². The summed E-state index contributed by atoms with van der Waals surface area (Å²) in [6.07, 6.45) is 10.0. The first-order valence-electron chi connectivity index (χ1n) is 14.5. The minimum Gasteiger partial charge on any atom is -0.358 e. The van der Waals surface area contributed by atoms with Gasteiger partial charge in [0.25, 0.3) is 0 Å². The van der Waals surface area contributed by atoms with E-state index < -0.39 is 0 Å². The molecule has 3 aromatic rings. The molecule has 0 saturated heterocycles. The normalized spacial score (nSPS) is 14.2. The Labute approximate surface area is 293 Å². The van der Waals surface area contributed by atoms with Crippen LogP contribution in [-0.2, 0) is 41.5 Å². The second-order valence-electron chi connectivity index (χ2n) is 13.6. The van der Waals surface area contributed by atoms with Crippen LogP contribution in [0.2, 0.25) is 0 Å². The molecule has 0 nitrogen and oxygen atoms in total. The van der Waals surface area contributed by atoms with Gasteiger partial charge in [0.1, 0.15) is 0 Å². The molecule has 0 aromatic heterocycles.